The van der Waals surface area contributed by atoms with Gasteiger partial charge in [-0.05, 0) is 25.3 Å². The fraction of sp³-hybridized carbons (Fsp3) is 0.312. The van der Waals surface area contributed by atoms with Crippen molar-refractivity contribution in [3.8, 4) is 11.4 Å². The first kappa shape index (κ1) is 15.3. The van der Waals surface area contributed by atoms with Crippen LogP contribution in [0.25, 0.3) is 11.4 Å². The van der Waals surface area contributed by atoms with Crippen molar-refractivity contribution in [1.82, 2.24) is 29.4 Å². The van der Waals surface area contributed by atoms with Gasteiger partial charge < -0.3 is 4.74 Å². The number of carbonyl (C=O) groups excluding carboxylic acids is 1. The van der Waals surface area contributed by atoms with Gasteiger partial charge in [-0.2, -0.15) is 5.10 Å². The summed E-state index contributed by atoms with van der Waals surface area (Å²) in [6.45, 7) is 2.10. The number of nitrogens with zero attached hydrogens (tertiary/aromatic N) is 6. The summed E-state index contributed by atoms with van der Waals surface area (Å²) in [7, 11) is 1.81. The maximum absolute atomic E-state index is 12.2. The van der Waals surface area contributed by atoms with Crippen molar-refractivity contribution in [2.75, 3.05) is 12.0 Å². The quantitative estimate of drug-likeness (QED) is 0.713. The number of hydrogen-bond donors (Lipinski definition) is 1. The maximum atomic E-state index is 12.2. The van der Waals surface area contributed by atoms with E-state index in [2.05, 4.69) is 25.5 Å². The third-order valence-electron chi connectivity index (χ3n) is 4.08. The van der Waals surface area contributed by atoms with Gasteiger partial charge in [0, 0.05) is 31.2 Å². The number of aromatic nitrogens is 6. The molecule has 1 aliphatic rings. The Labute approximate surface area is 143 Å². The summed E-state index contributed by atoms with van der Waals surface area (Å²) in [6, 6.07) is 0. The lowest BCUT2D eigenvalue weighted by molar-refractivity contribution is 0.0517. The second-order valence-corrected chi connectivity index (χ2v) is 5.67. The summed E-state index contributed by atoms with van der Waals surface area (Å²) in [5.74, 6) is 0.0529. The fourth-order valence-corrected chi connectivity index (χ4v) is 3.01. The van der Waals surface area contributed by atoms with E-state index in [4.69, 9.17) is 4.74 Å². The minimum absolute atomic E-state index is 0.321. The van der Waals surface area contributed by atoms with Crippen molar-refractivity contribution in [3.63, 3.8) is 0 Å². The van der Waals surface area contributed by atoms with Crippen molar-refractivity contribution in [1.29, 1.82) is 0 Å². The van der Waals surface area contributed by atoms with Crippen LogP contribution >= 0.6 is 0 Å². The highest BCUT2D eigenvalue weighted by Crippen LogP contribution is 2.34. The third-order valence-corrected chi connectivity index (χ3v) is 4.08. The average molecular weight is 339 g/mol. The molecule has 4 rings (SSSR count). The summed E-state index contributed by atoms with van der Waals surface area (Å²) in [6.07, 6.45) is 8.32. The molecule has 0 bridgehead atoms. The SMILES string of the molecule is CCOC(=O)c1nn(C)c2c1CCc1cnc(Nn3ccnc3)nc1-2. The zero-order chi connectivity index (χ0) is 17.4. The van der Waals surface area contributed by atoms with E-state index in [-0.39, 0.29) is 0 Å². The zero-order valence-corrected chi connectivity index (χ0v) is 13.9. The van der Waals surface area contributed by atoms with Gasteiger partial charge in [-0.25, -0.2) is 24.4 Å². The van der Waals surface area contributed by atoms with Gasteiger partial charge >= 0.3 is 5.97 Å². The standard InChI is InChI=1S/C16H17N7O2/c1-3-25-15(24)13-11-5-4-10-8-18-16(21-23-7-6-17-9-23)19-12(10)14(11)22(2)20-13/h6-9H,3-5H2,1-2H3,(H,18,19,21). The van der Waals surface area contributed by atoms with Gasteiger partial charge in [0.1, 0.15) is 6.33 Å². The normalized spacial score (nSPS) is 12.4. The van der Waals surface area contributed by atoms with Gasteiger partial charge in [-0.1, -0.05) is 0 Å². The van der Waals surface area contributed by atoms with Gasteiger partial charge in [0.2, 0.25) is 5.95 Å². The Morgan fingerprint density at radius 3 is 3.04 bits per heavy atom. The Morgan fingerprint density at radius 2 is 2.28 bits per heavy atom. The molecular formula is C16H17N7O2. The van der Waals surface area contributed by atoms with E-state index in [1.807, 2.05) is 13.2 Å². The summed E-state index contributed by atoms with van der Waals surface area (Å²) >= 11 is 0. The molecule has 0 atom stereocenters. The number of rotatable bonds is 4. The van der Waals surface area contributed by atoms with E-state index in [9.17, 15) is 4.79 Å². The first-order valence-electron chi connectivity index (χ1n) is 8.01. The number of imidazole rings is 1. The highest BCUT2D eigenvalue weighted by Gasteiger charge is 2.29. The van der Waals surface area contributed by atoms with E-state index in [0.29, 0.717) is 24.7 Å². The molecule has 0 spiro atoms. The molecule has 0 radical (unpaired) electrons. The van der Waals surface area contributed by atoms with Crippen LogP contribution in [0.3, 0.4) is 0 Å². The largest absolute Gasteiger partial charge is 0.461 e. The molecule has 0 saturated heterocycles. The van der Waals surface area contributed by atoms with Crippen LogP contribution in [-0.2, 0) is 24.6 Å². The highest BCUT2D eigenvalue weighted by atomic mass is 16.5. The molecule has 0 fully saturated rings. The van der Waals surface area contributed by atoms with E-state index >= 15 is 0 Å². The van der Waals surface area contributed by atoms with E-state index in [1.165, 1.54) is 0 Å². The molecule has 0 unspecified atom stereocenters. The Hall–Kier alpha value is -3.23. The smallest absolute Gasteiger partial charge is 0.359 e. The van der Waals surface area contributed by atoms with Crippen molar-refractivity contribution < 1.29 is 9.53 Å². The number of carbonyl (C=O) groups is 1. The second-order valence-electron chi connectivity index (χ2n) is 5.67. The van der Waals surface area contributed by atoms with Gasteiger partial charge in [0.25, 0.3) is 0 Å². The molecule has 3 aromatic heterocycles. The zero-order valence-electron chi connectivity index (χ0n) is 13.9. The van der Waals surface area contributed by atoms with Crippen molar-refractivity contribution in [2.45, 2.75) is 19.8 Å². The molecule has 128 valence electrons. The molecular weight excluding hydrogens is 322 g/mol. The summed E-state index contributed by atoms with van der Waals surface area (Å²) in [5, 5.41) is 4.36. The lowest BCUT2D eigenvalue weighted by Crippen LogP contribution is -2.14. The highest BCUT2D eigenvalue weighted by molar-refractivity contribution is 5.91. The minimum atomic E-state index is -0.395. The van der Waals surface area contributed by atoms with Gasteiger partial charge in [-0.3, -0.25) is 10.1 Å². The molecule has 1 N–H and O–H groups in total. The Kier molecular flexibility index (Phi) is 3.68. The van der Waals surface area contributed by atoms with Crippen LogP contribution in [0.2, 0.25) is 0 Å². The van der Waals surface area contributed by atoms with Crippen LogP contribution in [0.5, 0.6) is 0 Å². The topological polar surface area (TPSA) is 99.8 Å². The first-order valence-corrected chi connectivity index (χ1v) is 8.01. The number of aryl methyl sites for hydroxylation is 2. The number of anilines is 1. The molecule has 25 heavy (non-hydrogen) atoms. The number of hydrogen-bond acceptors (Lipinski definition) is 7. The van der Waals surface area contributed by atoms with Crippen LogP contribution in [0.15, 0.2) is 24.9 Å². The monoisotopic (exact) mass is 339 g/mol. The van der Waals surface area contributed by atoms with Crippen LogP contribution in [-0.4, -0.2) is 42.0 Å². The lowest BCUT2D eigenvalue weighted by atomic mass is 9.93. The summed E-state index contributed by atoms with van der Waals surface area (Å²) in [4.78, 5) is 25.1. The predicted molar refractivity (Wildman–Crippen MR) is 88.8 cm³/mol. The number of ether oxygens (including phenoxy) is 1. The van der Waals surface area contributed by atoms with Crippen molar-refractivity contribution >= 4 is 11.9 Å². The number of nitrogens with one attached hydrogen (secondary N) is 1. The molecule has 1 aliphatic carbocycles. The van der Waals surface area contributed by atoms with Crippen molar-refractivity contribution in [2.24, 2.45) is 7.05 Å². The van der Waals surface area contributed by atoms with Crippen molar-refractivity contribution in [3.05, 3.63) is 41.7 Å². The number of fused-ring (bicyclic) bond motifs is 3. The fourth-order valence-electron chi connectivity index (χ4n) is 3.01. The molecule has 0 amide bonds. The molecule has 3 heterocycles. The van der Waals surface area contributed by atoms with E-state index in [1.54, 1.807) is 35.0 Å². The minimum Gasteiger partial charge on any atom is -0.461 e. The van der Waals surface area contributed by atoms with Crippen LogP contribution in [0.4, 0.5) is 5.95 Å². The molecule has 0 aliphatic heterocycles. The molecule has 0 aromatic carbocycles. The molecule has 3 aromatic rings. The molecule has 9 heteroatoms. The number of esters is 1. The Bertz CT molecular complexity index is 930. The van der Waals surface area contributed by atoms with E-state index < -0.39 is 5.97 Å². The van der Waals surface area contributed by atoms with Crippen LogP contribution in [0.1, 0.15) is 28.5 Å². The van der Waals surface area contributed by atoms with Crippen LogP contribution < -0.4 is 5.43 Å². The summed E-state index contributed by atoms with van der Waals surface area (Å²) in [5.41, 5.74) is 6.93. The Morgan fingerprint density at radius 1 is 1.40 bits per heavy atom. The predicted octanol–water partition coefficient (Wildman–Crippen LogP) is 1.22. The third kappa shape index (κ3) is 2.63. The molecule has 9 nitrogen and oxygen atoms in total. The van der Waals surface area contributed by atoms with Gasteiger partial charge in [0.15, 0.2) is 5.69 Å². The maximum Gasteiger partial charge on any atom is 0.359 e. The van der Waals surface area contributed by atoms with E-state index in [0.717, 1.165) is 28.9 Å². The van der Waals surface area contributed by atoms with Crippen LogP contribution in [0, 0.1) is 0 Å². The average Bonchev–Trinajstić information content (AvgIpc) is 3.23. The second kappa shape index (κ2) is 6.00. The first-order chi connectivity index (χ1) is 12.2. The van der Waals surface area contributed by atoms with Gasteiger partial charge in [0.05, 0.1) is 18.0 Å². The summed E-state index contributed by atoms with van der Waals surface area (Å²) < 4.78 is 8.47. The Balaban J connectivity index is 1.76. The lowest BCUT2D eigenvalue weighted by Gasteiger charge is -2.17. The van der Waals surface area contributed by atoms with Gasteiger partial charge in [-0.15, -0.1) is 0 Å². The molecule has 0 saturated carbocycles.